The molecule has 0 amide bonds. The highest BCUT2D eigenvalue weighted by molar-refractivity contribution is 7.92. The van der Waals surface area contributed by atoms with Crippen LogP contribution in [-0.4, -0.2) is 21.6 Å². The molecular formula is C25H32N2O4S. The summed E-state index contributed by atoms with van der Waals surface area (Å²) < 4.78 is 39.6. The number of nitrogens with one attached hydrogen (secondary N) is 2. The average molecular weight is 457 g/mol. The highest BCUT2D eigenvalue weighted by Gasteiger charge is 2.22. The highest BCUT2D eigenvalue weighted by atomic mass is 32.2. The number of fused-ring (bicyclic) bond motifs is 1. The van der Waals surface area contributed by atoms with Gasteiger partial charge in [0.1, 0.15) is 11.3 Å². The molecule has 1 atom stereocenters. The lowest BCUT2D eigenvalue weighted by atomic mass is 9.85. The number of hydrogen-bond donors (Lipinski definition) is 2. The third kappa shape index (κ3) is 5.45. The van der Waals surface area contributed by atoms with Crippen molar-refractivity contribution in [1.29, 1.82) is 0 Å². The molecule has 1 aliphatic rings. The Bertz CT molecular complexity index is 1150. The van der Waals surface area contributed by atoms with Gasteiger partial charge in [-0.15, -0.1) is 0 Å². The Kier molecular flexibility index (Phi) is 7.06. The number of hydrogen-bond acceptors (Lipinski definition) is 5. The van der Waals surface area contributed by atoms with Gasteiger partial charge in [-0.05, 0) is 49.1 Å². The largest absolute Gasteiger partial charge is 0.497 e. The Morgan fingerprint density at radius 1 is 1.09 bits per heavy atom. The Hall–Kier alpha value is -2.51. The molecule has 2 aromatic carbocycles. The number of rotatable bonds is 9. The summed E-state index contributed by atoms with van der Waals surface area (Å²) >= 11 is 0. The van der Waals surface area contributed by atoms with Crippen molar-refractivity contribution in [1.82, 2.24) is 5.32 Å². The van der Waals surface area contributed by atoms with Gasteiger partial charge in [0.25, 0.3) is 10.0 Å². The Balaban J connectivity index is 1.45. The van der Waals surface area contributed by atoms with Crippen LogP contribution < -0.4 is 14.8 Å². The molecule has 7 heteroatoms. The maximum Gasteiger partial charge on any atom is 0.295 e. The molecule has 2 N–H and O–H groups in total. The van der Waals surface area contributed by atoms with Crippen molar-refractivity contribution in [2.75, 3.05) is 11.8 Å². The summed E-state index contributed by atoms with van der Waals surface area (Å²) in [6.45, 7) is 2.81. The summed E-state index contributed by atoms with van der Waals surface area (Å²) in [7, 11) is -2.29. The summed E-state index contributed by atoms with van der Waals surface area (Å²) in [6.07, 6.45) is 7.87. The number of furan rings is 1. The van der Waals surface area contributed by atoms with Gasteiger partial charge in [-0.3, -0.25) is 4.72 Å². The predicted molar refractivity (Wildman–Crippen MR) is 128 cm³/mol. The first-order chi connectivity index (χ1) is 15.4. The second kappa shape index (κ2) is 9.96. The van der Waals surface area contributed by atoms with Crippen LogP contribution in [-0.2, 0) is 16.6 Å². The smallest absolute Gasteiger partial charge is 0.295 e. The zero-order valence-corrected chi connectivity index (χ0v) is 19.6. The molecule has 0 bridgehead atoms. The van der Waals surface area contributed by atoms with E-state index < -0.39 is 10.0 Å². The zero-order chi connectivity index (χ0) is 22.6. The van der Waals surface area contributed by atoms with E-state index in [0.717, 1.165) is 17.9 Å². The topological polar surface area (TPSA) is 80.6 Å². The fourth-order valence-electron chi connectivity index (χ4n) is 4.52. The molecule has 32 heavy (non-hydrogen) atoms. The lowest BCUT2D eigenvalue weighted by Gasteiger charge is -2.25. The van der Waals surface area contributed by atoms with Crippen molar-refractivity contribution in [3.05, 3.63) is 54.1 Å². The number of sulfonamides is 1. The minimum Gasteiger partial charge on any atom is -0.497 e. The highest BCUT2D eigenvalue weighted by Crippen LogP contribution is 2.29. The molecule has 1 fully saturated rings. The molecule has 0 spiro atoms. The molecule has 1 heterocycles. The number of ether oxygens (including phenoxy) is 1. The van der Waals surface area contributed by atoms with Gasteiger partial charge in [-0.25, -0.2) is 0 Å². The van der Waals surface area contributed by atoms with E-state index in [0.29, 0.717) is 35.0 Å². The lowest BCUT2D eigenvalue weighted by Crippen LogP contribution is -2.29. The van der Waals surface area contributed by atoms with Crippen molar-refractivity contribution in [2.45, 2.75) is 63.1 Å². The molecule has 1 aliphatic carbocycles. The fourth-order valence-corrected chi connectivity index (χ4v) is 5.59. The second-order valence-electron chi connectivity index (χ2n) is 8.75. The third-order valence-corrected chi connectivity index (χ3v) is 7.50. The standard InChI is InChI=1S/C25H32N2O4S/c1-18(14-19-8-4-3-5-9-19)26-17-20-10-6-7-11-23(20)27-32(28,29)25-16-21-15-22(30-2)12-13-24(21)31-25/h6-7,10-13,15-16,18-19,26-27H,3-5,8-9,14,17H2,1-2H3/t18-/m0/s1. The quantitative estimate of drug-likeness (QED) is 0.432. The van der Waals surface area contributed by atoms with Gasteiger partial charge >= 0.3 is 0 Å². The lowest BCUT2D eigenvalue weighted by molar-refractivity contribution is 0.305. The summed E-state index contributed by atoms with van der Waals surface area (Å²) in [5, 5.41) is 4.13. The third-order valence-electron chi connectivity index (χ3n) is 6.28. The summed E-state index contributed by atoms with van der Waals surface area (Å²) in [4.78, 5) is 0. The first kappa shape index (κ1) is 22.7. The van der Waals surface area contributed by atoms with Crippen molar-refractivity contribution in [3.8, 4) is 5.75 Å². The van der Waals surface area contributed by atoms with E-state index in [4.69, 9.17) is 9.15 Å². The molecular weight excluding hydrogens is 424 g/mol. The van der Waals surface area contributed by atoms with Crippen molar-refractivity contribution in [3.63, 3.8) is 0 Å². The molecule has 1 saturated carbocycles. The van der Waals surface area contributed by atoms with Crippen LogP contribution in [0.4, 0.5) is 5.69 Å². The summed E-state index contributed by atoms with van der Waals surface area (Å²) in [5.74, 6) is 1.45. The summed E-state index contributed by atoms with van der Waals surface area (Å²) in [5.41, 5.74) is 1.96. The molecule has 172 valence electrons. The Morgan fingerprint density at radius 3 is 2.66 bits per heavy atom. The normalized spacial score (nSPS) is 16.2. The van der Waals surface area contributed by atoms with E-state index in [-0.39, 0.29) is 5.09 Å². The fraction of sp³-hybridized carbons (Fsp3) is 0.440. The van der Waals surface area contributed by atoms with Crippen molar-refractivity contribution in [2.24, 2.45) is 5.92 Å². The number of anilines is 1. The van der Waals surface area contributed by atoms with Crippen LogP contribution in [0.5, 0.6) is 5.75 Å². The second-order valence-corrected chi connectivity index (χ2v) is 10.4. The Morgan fingerprint density at radius 2 is 1.88 bits per heavy atom. The van der Waals surface area contributed by atoms with Crippen LogP contribution in [0.3, 0.4) is 0 Å². The van der Waals surface area contributed by atoms with Crippen LogP contribution in [0.1, 0.15) is 51.0 Å². The van der Waals surface area contributed by atoms with E-state index in [1.807, 2.05) is 18.2 Å². The van der Waals surface area contributed by atoms with E-state index in [1.54, 1.807) is 31.4 Å². The number of benzene rings is 2. The zero-order valence-electron chi connectivity index (χ0n) is 18.8. The maximum atomic E-state index is 13.0. The predicted octanol–water partition coefficient (Wildman–Crippen LogP) is 5.69. The minimum absolute atomic E-state index is 0.116. The van der Waals surface area contributed by atoms with E-state index in [2.05, 4.69) is 17.0 Å². The molecule has 1 aromatic heterocycles. The monoisotopic (exact) mass is 456 g/mol. The Labute approximate surface area is 190 Å². The van der Waals surface area contributed by atoms with E-state index >= 15 is 0 Å². The molecule has 4 rings (SSSR count). The molecule has 6 nitrogen and oxygen atoms in total. The van der Waals surface area contributed by atoms with Gasteiger partial charge in [0.05, 0.1) is 12.8 Å². The van der Waals surface area contributed by atoms with Gasteiger partial charge in [0.15, 0.2) is 0 Å². The van der Waals surface area contributed by atoms with E-state index in [1.165, 1.54) is 38.2 Å². The van der Waals surface area contributed by atoms with Crippen LogP contribution >= 0.6 is 0 Å². The van der Waals surface area contributed by atoms with E-state index in [9.17, 15) is 8.42 Å². The maximum absolute atomic E-state index is 13.0. The molecule has 3 aromatic rings. The van der Waals surface area contributed by atoms with Crippen LogP contribution in [0.25, 0.3) is 11.0 Å². The van der Waals surface area contributed by atoms with Gasteiger partial charge < -0.3 is 14.5 Å². The van der Waals surface area contributed by atoms with Gasteiger partial charge in [-0.1, -0.05) is 50.3 Å². The van der Waals surface area contributed by atoms with Gasteiger partial charge in [0.2, 0.25) is 5.09 Å². The number of methoxy groups -OCH3 is 1. The molecule has 0 radical (unpaired) electrons. The molecule has 0 saturated heterocycles. The van der Waals surface area contributed by atoms with Crippen LogP contribution in [0.15, 0.2) is 58.0 Å². The molecule has 0 unspecified atom stereocenters. The van der Waals surface area contributed by atoms with Crippen molar-refractivity contribution >= 4 is 26.7 Å². The van der Waals surface area contributed by atoms with Gasteiger partial charge in [0, 0.05) is 24.0 Å². The van der Waals surface area contributed by atoms with Crippen LogP contribution in [0, 0.1) is 5.92 Å². The first-order valence-corrected chi connectivity index (χ1v) is 12.8. The number of para-hydroxylation sites is 1. The minimum atomic E-state index is -3.86. The van der Waals surface area contributed by atoms with Gasteiger partial charge in [-0.2, -0.15) is 8.42 Å². The average Bonchev–Trinajstić information content (AvgIpc) is 3.23. The SMILES string of the molecule is COc1ccc2oc(S(=O)(=O)Nc3ccccc3CN[C@@H](C)CC3CCCCC3)cc2c1. The van der Waals surface area contributed by atoms with Crippen molar-refractivity contribution < 1.29 is 17.6 Å². The van der Waals surface area contributed by atoms with Crippen LogP contribution in [0.2, 0.25) is 0 Å². The first-order valence-electron chi connectivity index (χ1n) is 11.4. The summed E-state index contributed by atoms with van der Waals surface area (Å²) in [6, 6.07) is 14.6. The molecule has 0 aliphatic heterocycles.